The number of fused-ring (bicyclic) bond motifs is 1. The van der Waals surface area contributed by atoms with Gasteiger partial charge in [0.15, 0.2) is 0 Å². The van der Waals surface area contributed by atoms with E-state index in [0.29, 0.717) is 6.10 Å². The van der Waals surface area contributed by atoms with Gasteiger partial charge in [-0.25, -0.2) is 0 Å². The minimum atomic E-state index is 0.330. The Balaban J connectivity index is 2.26. The van der Waals surface area contributed by atoms with E-state index in [0.717, 1.165) is 19.4 Å². The van der Waals surface area contributed by atoms with E-state index >= 15 is 0 Å². The first-order valence-electron chi connectivity index (χ1n) is 3.99. The van der Waals surface area contributed by atoms with Crippen LogP contribution in [0, 0.1) is 0 Å². The Morgan fingerprint density at radius 2 is 2.64 bits per heavy atom. The summed E-state index contributed by atoms with van der Waals surface area (Å²) in [6.45, 7) is 2.92. The van der Waals surface area contributed by atoms with E-state index < -0.39 is 0 Å². The Morgan fingerprint density at radius 3 is 3.55 bits per heavy atom. The SMILES string of the molecule is C[C@@H]1Cc2[nH]ncc2CCO1. The Morgan fingerprint density at radius 1 is 1.73 bits per heavy atom. The van der Waals surface area contributed by atoms with Crippen LogP contribution in [0.3, 0.4) is 0 Å². The Hall–Kier alpha value is -0.830. The molecule has 0 bridgehead atoms. The molecule has 0 spiro atoms. The van der Waals surface area contributed by atoms with Crippen molar-refractivity contribution in [2.45, 2.75) is 25.9 Å². The second-order valence-corrected chi connectivity index (χ2v) is 3.01. The summed E-state index contributed by atoms with van der Waals surface area (Å²) in [5.74, 6) is 0. The lowest BCUT2D eigenvalue weighted by molar-refractivity contribution is 0.0737. The maximum Gasteiger partial charge on any atom is 0.0602 e. The molecule has 0 unspecified atom stereocenters. The van der Waals surface area contributed by atoms with Gasteiger partial charge in [-0.2, -0.15) is 5.10 Å². The van der Waals surface area contributed by atoms with Crippen LogP contribution in [0.1, 0.15) is 18.2 Å². The van der Waals surface area contributed by atoms with E-state index in [1.165, 1.54) is 11.3 Å². The molecule has 0 saturated heterocycles. The molecule has 3 heteroatoms. The van der Waals surface area contributed by atoms with Crippen LogP contribution in [0.2, 0.25) is 0 Å². The van der Waals surface area contributed by atoms with Crippen molar-refractivity contribution in [3.63, 3.8) is 0 Å². The minimum absolute atomic E-state index is 0.330. The summed E-state index contributed by atoms with van der Waals surface area (Å²) in [7, 11) is 0. The van der Waals surface area contributed by atoms with Crippen LogP contribution >= 0.6 is 0 Å². The fourth-order valence-corrected chi connectivity index (χ4v) is 1.45. The maximum absolute atomic E-state index is 5.50. The summed E-state index contributed by atoms with van der Waals surface area (Å²) in [5.41, 5.74) is 2.56. The quantitative estimate of drug-likeness (QED) is 0.600. The molecule has 0 aliphatic carbocycles. The Labute approximate surface area is 65.8 Å². The zero-order chi connectivity index (χ0) is 7.68. The summed E-state index contributed by atoms with van der Waals surface area (Å²) in [4.78, 5) is 0. The summed E-state index contributed by atoms with van der Waals surface area (Å²) in [5, 5.41) is 7.00. The highest BCUT2D eigenvalue weighted by Gasteiger charge is 2.14. The monoisotopic (exact) mass is 152 g/mol. The molecular weight excluding hydrogens is 140 g/mol. The van der Waals surface area contributed by atoms with E-state index in [1.54, 1.807) is 0 Å². The third-order valence-corrected chi connectivity index (χ3v) is 2.07. The van der Waals surface area contributed by atoms with Crippen molar-refractivity contribution in [3.8, 4) is 0 Å². The normalized spacial score (nSPS) is 24.3. The number of aromatic amines is 1. The molecule has 0 fully saturated rings. The Bertz CT molecular complexity index is 244. The molecule has 0 aromatic carbocycles. The average Bonchev–Trinajstić information content (AvgIpc) is 2.31. The molecule has 0 saturated carbocycles. The lowest BCUT2D eigenvalue weighted by atomic mass is 10.1. The first-order valence-corrected chi connectivity index (χ1v) is 3.99. The van der Waals surface area contributed by atoms with Gasteiger partial charge in [0.05, 0.1) is 18.9 Å². The summed E-state index contributed by atoms with van der Waals surface area (Å²) in [6, 6.07) is 0. The molecule has 3 nitrogen and oxygen atoms in total. The molecule has 1 aliphatic heterocycles. The fourth-order valence-electron chi connectivity index (χ4n) is 1.45. The van der Waals surface area contributed by atoms with Crippen LogP contribution in [0.5, 0.6) is 0 Å². The topological polar surface area (TPSA) is 37.9 Å². The van der Waals surface area contributed by atoms with Crippen molar-refractivity contribution < 1.29 is 4.74 Å². The molecular formula is C8H12N2O. The number of nitrogens with zero attached hydrogens (tertiary/aromatic N) is 1. The largest absolute Gasteiger partial charge is 0.378 e. The van der Waals surface area contributed by atoms with Crippen LogP contribution < -0.4 is 0 Å². The van der Waals surface area contributed by atoms with Gasteiger partial charge in [-0.05, 0) is 18.9 Å². The smallest absolute Gasteiger partial charge is 0.0602 e. The second-order valence-electron chi connectivity index (χ2n) is 3.01. The van der Waals surface area contributed by atoms with Crippen LogP contribution in [-0.2, 0) is 17.6 Å². The summed E-state index contributed by atoms with van der Waals surface area (Å²) in [6.07, 6.45) is 4.19. The first kappa shape index (κ1) is 6.85. The van der Waals surface area contributed by atoms with Gasteiger partial charge in [0.25, 0.3) is 0 Å². The number of ether oxygens (including phenoxy) is 1. The van der Waals surface area contributed by atoms with Gasteiger partial charge in [-0.1, -0.05) is 0 Å². The van der Waals surface area contributed by atoms with Gasteiger partial charge in [-0.3, -0.25) is 5.10 Å². The number of hydrogen-bond acceptors (Lipinski definition) is 2. The van der Waals surface area contributed by atoms with Crippen molar-refractivity contribution in [1.82, 2.24) is 10.2 Å². The van der Waals surface area contributed by atoms with Gasteiger partial charge in [0.2, 0.25) is 0 Å². The van der Waals surface area contributed by atoms with Gasteiger partial charge in [-0.15, -0.1) is 0 Å². The molecule has 1 atom stereocenters. The molecule has 1 N–H and O–H groups in total. The number of nitrogens with one attached hydrogen (secondary N) is 1. The molecule has 0 amide bonds. The van der Waals surface area contributed by atoms with E-state index in [9.17, 15) is 0 Å². The molecule has 1 aliphatic rings. The average molecular weight is 152 g/mol. The Kier molecular flexibility index (Phi) is 1.66. The fraction of sp³-hybridized carbons (Fsp3) is 0.625. The van der Waals surface area contributed by atoms with Crippen molar-refractivity contribution in [1.29, 1.82) is 0 Å². The van der Waals surface area contributed by atoms with Crippen molar-refractivity contribution >= 4 is 0 Å². The minimum Gasteiger partial charge on any atom is -0.378 e. The number of aromatic nitrogens is 2. The van der Waals surface area contributed by atoms with E-state index in [-0.39, 0.29) is 0 Å². The van der Waals surface area contributed by atoms with Crippen LogP contribution in [0.15, 0.2) is 6.20 Å². The van der Waals surface area contributed by atoms with Crippen LogP contribution in [-0.4, -0.2) is 22.9 Å². The highest BCUT2D eigenvalue weighted by Crippen LogP contribution is 2.14. The van der Waals surface area contributed by atoms with Crippen molar-refractivity contribution in [3.05, 3.63) is 17.5 Å². The molecule has 2 heterocycles. The molecule has 60 valence electrons. The van der Waals surface area contributed by atoms with Gasteiger partial charge in [0.1, 0.15) is 0 Å². The zero-order valence-corrected chi connectivity index (χ0v) is 6.63. The molecule has 1 aromatic heterocycles. The summed E-state index contributed by atoms with van der Waals surface area (Å²) >= 11 is 0. The predicted molar refractivity (Wildman–Crippen MR) is 41.4 cm³/mol. The molecule has 0 radical (unpaired) electrons. The van der Waals surface area contributed by atoms with Crippen LogP contribution in [0.4, 0.5) is 0 Å². The first-order chi connectivity index (χ1) is 5.36. The zero-order valence-electron chi connectivity index (χ0n) is 6.63. The van der Waals surface area contributed by atoms with E-state index in [1.807, 2.05) is 6.20 Å². The van der Waals surface area contributed by atoms with Crippen molar-refractivity contribution in [2.75, 3.05) is 6.61 Å². The molecule has 11 heavy (non-hydrogen) atoms. The van der Waals surface area contributed by atoms with E-state index in [2.05, 4.69) is 17.1 Å². The number of H-pyrrole nitrogens is 1. The predicted octanol–water partition coefficient (Wildman–Crippen LogP) is 0.913. The highest BCUT2D eigenvalue weighted by atomic mass is 16.5. The summed E-state index contributed by atoms with van der Waals surface area (Å²) < 4.78 is 5.50. The van der Waals surface area contributed by atoms with E-state index in [4.69, 9.17) is 4.74 Å². The van der Waals surface area contributed by atoms with Crippen molar-refractivity contribution in [2.24, 2.45) is 0 Å². The molecule has 2 rings (SSSR count). The molecule has 1 aromatic rings. The van der Waals surface area contributed by atoms with Gasteiger partial charge >= 0.3 is 0 Å². The lowest BCUT2D eigenvalue weighted by Gasteiger charge is -2.06. The number of hydrogen-bond donors (Lipinski definition) is 1. The number of rotatable bonds is 0. The second kappa shape index (κ2) is 2.66. The van der Waals surface area contributed by atoms with Crippen LogP contribution in [0.25, 0.3) is 0 Å². The maximum atomic E-state index is 5.50. The highest BCUT2D eigenvalue weighted by molar-refractivity contribution is 5.18. The van der Waals surface area contributed by atoms with Gasteiger partial charge < -0.3 is 4.74 Å². The third-order valence-electron chi connectivity index (χ3n) is 2.07. The van der Waals surface area contributed by atoms with Gasteiger partial charge in [0, 0.05) is 12.1 Å². The lowest BCUT2D eigenvalue weighted by Crippen LogP contribution is -2.09. The third kappa shape index (κ3) is 1.28. The standard InChI is InChI=1S/C8H12N2O/c1-6-4-8-7(2-3-11-6)5-9-10-8/h5-6H,2-4H2,1H3,(H,9,10)/t6-/m1/s1.